The highest BCUT2D eigenvalue weighted by Crippen LogP contribution is 2.18. The molecule has 2 aliphatic heterocycles. The number of aryl methyl sites for hydroxylation is 1. The van der Waals surface area contributed by atoms with E-state index in [1.807, 2.05) is 7.05 Å². The second kappa shape index (κ2) is 12.0. The lowest BCUT2D eigenvalue weighted by Crippen LogP contribution is -2.49. The number of ether oxygens (including phenoxy) is 1. The average molecular weight is 500 g/mol. The van der Waals surface area contributed by atoms with E-state index in [0.29, 0.717) is 12.0 Å². The summed E-state index contributed by atoms with van der Waals surface area (Å²) in [4.78, 5) is 7.04. The molecule has 0 amide bonds. The van der Waals surface area contributed by atoms with Crippen LogP contribution in [0.2, 0.25) is 0 Å². The lowest BCUT2D eigenvalue weighted by Gasteiger charge is -2.34. The largest absolute Gasteiger partial charge is 0.381 e. The number of rotatable bonds is 6. The van der Waals surface area contributed by atoms with E-state index in [9.17, 15) is 0 Å². The lowest BCUT2D eigenvalue weighted by atomic mass is 9.99. The second-order valence-corrected chi connectivity index (χ2v) is 8.22. The van der Waals surface area contributed by atoms with E-state index in [1.165, 1.54) is 50.0 Å². The Morgan fingerprint density at radius 2 is 2.07 bits per heavy atom. The van der Waals surface area contributed by atoms with Gasteiger partial charge in [-0.3, -0.25) is 4.99 Å². The van der Waals surface area contributed by atoms with Gasteiger partial charge in [-0.05, 0) is 43.6 Å². The molecule has 2 N–H and O–H groups in total. The molecule has 28 heavy (non-hydrogen) atoms. The van der Waals surface area contributed by atoms with Gasteiger partial charge in [0.25, 0.3) is 0 Å². The zero-order chi connectivity index (χ0) is 19.1. The van der Waals surface area contributed by atoms with Gasteiger partial charge >= 0.3 is 0 Å². The number of nitrogens with one attached hydrogen (secondary N) is 2. The molecule has 158 valence electrons. The fourth-order valence-corrected chi connectivity index (χ4v) is 4.08. The number of piperidine rings is 1. The van der Waals surface area contributed by atoms with Crippen LogP contribution in [0, 0.1) is 12.8 Å². The van der Waals surface area contributed by atoms with Crippen molar-refractivity contribution < 1.29 is 4.74 Å². The van der Waals surface area contributed by atoms with Crippen LogP contribution in [0.15, 0.2) is 29.3 Å². The van der Waals surface area contributed by atoms with Gasteiger partial charge in [0.2, 0.25) is 0 Å². The van der Waals surface area contributed by atoms with E-state index in [4.69, 9.17) is 4.74 Å². The summed E-state index contributed by atoms with van der Waals surface area (Å²) in [5.41, 5.74) is 2.69. The Bertz CT molecular complexity index is 610. The smallest absolute Gasteiger partial charge is 0.191 e. The molecular formula is C22H37IN4O. The van der Waals surface area contributed by atoms with Gasteiger partial charge in [0.05, 0.1) is 6.61 Å². The SMILES string of the molecule is CN=C(NCC(C)c1cccc(C)c1)NC1CCN(CC2CCOC2)CC1.I. The van der Waals surface area contributed by atoms with E-state index in [2.05, 4.69) is 58.6 Å². The molecular weight excluding hydrogens is 463 g/mol. The van der Waals surface area contributed by atoms with Gasteiger partial charge in [-0.15, -0.1) is 24.0 Å². The summed E-state index contributed by atoms with van der Waals surface area (Å²) in [6, 6.07) is 9.28. The molecule has 2 unspecified atom stereocenters. The van der Waals surface area contributed by atoms with Crippen molar-refractivity contribution in [3.05, 3.63) is 35.4 Å². The van der Waals surface area contributed by atoms with Crippen molar-refractivity contribution >= 4 is 29.9 Å². The molecule has 0 radical (unpaired) electrons. The Morgan fingerprint density at radius 1 is 1.29 bits per heavy atom. The van der Waals surface area contributed by atoms with E-state index < -0.39 is 0 Å². The van der Waals surface area contributed by atoms with Crippen molar-refractivity contribution in [2.45, 2.75) is 45.1 Å². The highest BCUT2D eigenvalue weighted by Gasteiger charge is 2.24. The predicted octanol–water partition coefficient (Wildman–Crippen LogP) is 3.38. The summed E-state index contributed by atoms with van der Waals surface area (Å²) in [7, 11) is 1.86. The van der Waals surface area contributed by atoms with Gasteiger partial charge in [0.1, 0.15) is 0 Å². The molecule has 0 saturated carbocycles. The molecule has 2 aliphatic rings. The third-order valence-electron chi connectivity index (χ3n) is 5.88. The summed E-state index contributed by atoms with van der Waals surface area (Å²) in [6.45, 7) is 10.8. The Balaban J connectivity index is 0.00000280. The number of guanidine groups is 1. The Kier molecular flexibility index (Phi) is 10.0. The van der Waals surface area contributed by atoms with Gasteiger partial charge in [-0.1, -0.05) is 36.8 Å². The maximum atomic E-state index is 5.51. The molecule has 6 heteroatoms. The van der Waals surface area contributed by atoms with Crippen LogP contribution < -0.4 is 10.6 Å². The Morgan fingerprint density at radius 3 is 2.71 bits per heavy atom. The van der Waals surface area contributed by atoms with Crippen molar-refractivity contribution in [2.24, 2.45) is 10.9 Å². The third-order valence-corrected chi connectivity index (χ3v) is 5.88. The first-order chi connectivity index (χ1) is 13.1. The predicted molar refractivity (Wildman–Crippen MR) is 128 cm³/mol. The minimum absolute atomic E-state index is 0. The van der Waals surface area contributed by atoms with Gasteiger partial charge in [0.15, 0.2) is 5.96 Å². The van der Waals surface area contributed by atoms with E-state index in [1.54, 1.807) is 0 Å². The first-order valence-corrected chi connectivity index (χ1v) is 10.5. The zero-order valence-electron chi connectivity index (χ0n) is 17.6. The van der Waals surface area contributed by atoms with Gasteiger partial charge in [-0.25, -0.2) is 0 Å². The van der Waals surface area contributed by atoms with Gasteiger partial charge < -0.3 is 20.3 Å². The number of likely N-dealkylation sites (tertiary alicyclic amines) is 1. The average Bonchev–Trinajstić information content (AvgIpc) is 3.19. The lowest BCUT2D eigenvalue weighted by molar-refractivity contribution is 0.150. The van der Waals surface area contributed by atoms with Crippen molar-refractivity contribution in [1.82, 2.24) is 15.5 Å². The number of hydrogen-bond acceptors (Lipinski definition) is 3. The topological polar surface area (TPSA) is 48.9 Å². The summed E-state index contributed by atoms with van der Waals surface area (Å²) in [5.74, 6) is 2.13. The first kappa shape index (κ1) is 23.4. The molecule has 3 rings (SSSR count). The molecule has 1 aromatic carbocycles. The van der Waals surface area contributed by atoms with Crippen molar-refractivity contribution in [1.29, 1.82) is 0 Å². The molecule has 2 fully saturated rings. The van der Waals surface area contributed by atoms with Crippen LogP contribution in [0.1, 0.15) is 43.2 Å². The third kappa shape index (κ3) is 7.19. The van der Waals surface area contributed by atoms with Crippen molar-refractivity contribution in [3.8, 4) is 0 Å². The van der Waals surface area contributed by atoms with Crippen LogP contribution in [0.3, 0.4) is 0 Å². The number of benzene rings is 1. The quantitative estimate of drug-likeness (QED) is 0.357. The zero-order valence-corrected chi connectivity index (χ0v) is 19.9. The molecule has 0 aromatic heterocycles. The molecule has 0 aliphatic carbocycles. The van der Waals surface area contributed by atoms with Crippen LogP contribution in [0.4, 0.5) is 0 Å². The standard InChI is InChI=1S/C22H36N4O.HI/c1-17-5-4-6-20(13-17)18(2)14-24-22(23-3)25-21-7-10-26(11-8-21)15-19-9-12-27-16-19;/h4-6,13,18-19,21H,7-12,14-16H2,1-3H3,(H2,23,24,25);1H. The number of nitrogens with zero attached hydrogens (tertiary/aromatic N) is 2. The van der Waals surface area contributed by atoms with Crippen LogP contribution in [0.5, 0.6) is 0 Å². The highest BCUT2D eigenvalue weighted by molar-refractivity contribution is 14.0. The molecule has 5 nitrogen and oxygen atoms in total. The minimum Gasteiger partial charge on any atom is -0.381 e. The van der Waals surface area contributed by atoms with E-state index >= 15 is 0 Å². The molecule has 2 saturated heterocycles. The van der Waals surface area contributed by atoms with Gasteiger partial charge in [-0.2, -0.15) is 0 Å². The van der Waals surface area contributed by atoms with Crippen molar-refractivity contribution in [2.75, 3.05) is 46.4 Å². The minimum atomic E-state index is 0. The number of hydrogen-bond donors (Lipinski definition) is 2. The summed E-state index contributed by atoms with van der Waals surface area (Å²) < 4.78 is 5.51. The second-order valence-electron chi connectivity index (χ2n) is 8.22. The Labute approximate surface area is 187 Å². The number of halogens is 1. The van der Waals surface area contributed by atoms with Crippen LogP contribution in [-0.4, -0.2) is 63.3 Å². The molecule has 2 atom stereocenters. The molecule has 0 bridgehead atoms. The van der Waals surface area contributed by atoms with Crippen LogP contribution in [-0.2, 0) is 4.74 Å². The van der Waals surface area contributed by atoms with E-state index in [-0.39, 0.29) is 24.0 Å². The maximum Gasteiger partial charge on any atom is 0.191 e. The molecule has 1 aromatic rings. The van der Waals surface area contributed by atoms with E-state index in [0.717, 1.165) is 31.6 Å². The Hall–Kier alpha value is -0.860. The number of aliphatic imine (C=N–C) groups is 1. The highest BCUT2D eigenvalue weighted by atomic mass is 127. The normalized spacial score (nSPS) is 22.5. The van der Waals surface area contributed by atoms with Crippen LogP contribution >= 0.6 is 24.0 Å². The van der Waals surface area contributed by atoms with Crippen molar-refractivity contribution in [3.63, 3.8) is 0 Å². The van der Waals surface area contributed by atoms with Gasteiger partial charge in [0, 0.05) is 45.9 Å². The molecule has 0 spiro atoms. The summed E-state index contributed by atoms with van der Waals surface area (Å²) >= 11 is 0. The fraction of sp³-hybridized carbons (Fsp3) is 0.682. The fourth-order valence-electron chi connectivity index (χ4n) is 4.08. The maximum absolute atomic E-state index is 5.51. The summed E-state index contributed by atoms with van der Waals surface area (Å²) in [6.07, 6.45) is 3.59. The van der Waals surface area contributed by atoms with Crippen LogP contribution in [0.25, 0.3) is 0 Å². The summed E-state index contributed by atoms with van der Waals surface area (Å²) in [5, 5.41) is 7.14. The first-order valence-electron chi connectivity index (χ1n) is 10.5. The molecule has 2 heterocycles. The monoisotopic (exact) mass is 500 g/mol.